The first-order chi connectivity index (χ1) is 8.16. The standard InChI is InChI=1S/C12H14ClNO2S/c1-8(11-4-5-12(13)17-11)14-7-9(15)10-3-2-6-16-10/h2-6,8-9,14-15H,7H2,1H3. The number of nitrogens with one attached hydrogen (secondary N) is 1. The van der Waals surface area contributed by atoms with Gasteiger partial charge in [0.05, 0.1) is 10.6 Å². The second kappa shape index (κ2) is 5.69. The molecule has 3 nitrogen and oxygen atoms in total. The van der Waals surface area contributed by atoms with E-state index in [1.807, 2.05) is 19.1 Å². The first-order valence-electron chi connectivity index (χ1n) is 5.37. The highest BCUT2D eigenvalue weighted by Gasteiger charge is 2.13. The molecule has 0 amide bonds. The molecule has 0 bridgehead atoms. The number of aliphatic hydroxyl groups excluding tert-OH is 1. The monoisotopic (exact) mass is 271 g/mol. The van der Waals surface area contributed by atoms with Crippen LogP contribution in [0.15, 0.2) is 34.9 Å². The molecule has 2 aromatic rings. The van der Waals surface area contributed by atoms with Crippen LogP contribution >= 0.6 is 22.9 Å². The average Bonchev–Trinajstić information content (AvgIpc) is 2.95. The molecule has 92 valence electrons. The van der Waals surface area contributed by atoms with Crippen LogP contribution < -0.4 is 5.32 Å². The SMILES string of the molecule is CC(NCC(O)c1ccco1)c1ccc(Cl)s1. The molecule has 2 heterocycles. The van der Waals surface area contributed by atoms with Crippen molar-refractivity contribution in [3.8, 4) is 0 Å². The molecule has 0 radical (unpaired) electrons. The molecule has 2 rings (SSSR count). The molecule has 2 N–H and O–H groups in total. The summed E-state index contributed by atoms with van der Waals surface area (Å²) in [6.45, 7) is 2.49. The van der Waals surface area contributed by atoms with Crippen LogP contribution in [0, 0.1) is 0 Å². The second-order valence-electron chi connectivity index (χ2n) is 3.80. The molecule has 0 saturated heterocycles. The highest BCUT2D eigenvalue weighted by atomic mass is 35.5. The van der Waals surface area contributed by atoms with Gasteiger partial charge in [0, 0.05) is 17.5 Å². The van der Waals surface area contributed by atoms with E-state index in [1.54, 1.807) is 29.7 Å². The fraction of sp³-hybridized carbons (Fsp3) is 0.333. The summed E-state index contributed by atoms with van der Waals surface area (Å²) in [6, 6.07) is 7.56. The van der Waals surface area contributed by atoms with Gasteiger partial charge in [0.2, 0.25) is 0 Å². The highest BCUT2D eigenvalue weighted by Crippen LogP contribution is 2.26. The summed E-state index contributed by atoms with van der Waals surface area (Å²) < 4.78 is 5.91. The minimum Gasteiger partial charge on any atom is -0.467 e. The van der Waals surface area contributed by atoms with Gasteiger partial charge in [0.1, 0.15) is 11.9 Å². The maximum Gasteiger partial charge on any atom is 0.133 e. The number of hydrogen-bond donors (Lipinski definition) is 2. The fourth-order valence-electron chi connectivity index (χ4n) is 1.53. The maximum atomic E-state index is 9.83. The first-order valence-corrected chi connectivity index (χ1v) is 6.56. The van der Waals surface area contributed by atoms with Crippen molar-refractivity contribution in [2.75, 3.05) is 6.54 Å². The van der Waals surface area contributed by atoms with Crippen LogP contribution in [0.2, 0.25) is 4.34 Å². The fourth-order valence-corrected chi connectivity index (χ4v) is 2.62. The van der Waals surface area contributed by atoms with Crippen LogP contribution in [-0.2, 0) is 0 Å². The van der Waals surface area contributed by atoms with Crippen molar-refractivity contribution in [3.63, 3.8) is 0 Å². The van der Waals surface area contributed by atoms with Gasteiger partial charge < -0.3 is 14.8 Å². The molecule has 0 fully saturated rings. The molecule has 0 saturated carbocycles. The Kier molecular flexibility index (Phi) is 4.23. The molecule has 0 aliphatic carbocycles. The normalized spacial score (nSPS) is 14.8. The maximum absolute atomic E-state index is 9.83. The Hall–Kier alpha value is -0.810. The van der Waals surface area contributed by atoms with Crippen molar-refractivity contribution in [1.82, 2.24) is 5.32 Å². The van der Waals surface area contributed by atoms with Crippen molar-refractivity contribution < 1.29 is 9.52 Å². The largest absolute Gasteiger partial charge is 0.467 e. The molecule has 0 aliphatic rings. The summed E-state index contributed by atoms with van der Waals surface area (Å²) >= 11 is 7.42. The van der Waals surface area contributed by atoms with E-state index in [4.69, 9.17) is 16.0 Å². The zero-order valence-corrected chi connectivity index (χ0v) is 11.0. The minimum absolute atomic E-state index is 0.164. The lowest BCUT2D eigenvalue weighted by molar-refractivity contribution is 0.144. The first kappa shape index (κ1) is 12.6. The van der Waals surface area contributed by atoms with E-state index in [2.05, 4.69) is 5.32 Å². The zero-order valence-electron chi connectivity index (χ0n) is 9.39. The van der Waals surface area contributed by atoms with Gasteiger partial charge in [-0.25, -0.2) is 0 Å². The van der Waals surface area contributed by atoms with E-state index >= 15 is 0 Å². The molecule has 2 aromatic heterocycles. The van der Waals surface area contributed by atoms with Crippen LogP contribution in [0.4, 0.5) is 0 Å². The van der Waals surface area contributed by atoms with Gasteiger partial charge in [-0.2, -0.15) is 0 Å². The summed E-state index contributed by atoms with van der Waals surface area (Å²) in [4.78, 5) is 1.15. The van der Waals surface area contributed by atoms with Crippen molar-refractivity contribution in [2.24, 2.45) is 0 Å². The Bertz CT molecular complexity index is 455. The van der Waals surface area contributed by atoms with E-state index in [1.165, 1.54) is 0 Å². The Labute approximate surface area is 109 Å². The quantitative estimate of drug-likeness (QED) is 0.876. The Balaban J connectivity index is 1.86. The number of thiophene rings is 1. The van der Waals surface area contributed by atoms with Crippen LogP contribution in [0.25, 0.3) is 0 Å². The molecule has 5 heteroatoms. The van der Waals surface area contributed by atoms with Crippen molar-refractivity contribution in [1.29, 1.82) is 0 Å². The van der Waals surface area contributed by atoms with Gasteiger partial charge in [-0.15, -0.1) is 11.3 Å². The van der Waals surface area contributed by atoms with Gasteiger partial charge in [0.25, 0.3) is 0 Å². The number of rotatable bonds is 5. The zero-order chi connectivity index (χ0) is 12.3. The smallest absolute Gasteiger partial charge is 0.133 e. The number of furan rings is 1. The van der Waals surface area contributed by atoms with Crippen LogP contribution in [-0.4, -0.2) is 11.7 Å². The molecular formula is C12H14ClNO2S. The molecule has 17 heavy (non-hydrogen) atoms. The minimum atomic E-state index is -0.622. The van der Waals surface area contributed by atoms with Gasteiger partial charge in [-0.05, 0) is 31.2 Å². The molecule has 2 atom stereocenters. The Morgan fingerprint density at radius 2 is 2.29 bits per heavy atom. The second-order valence-corrected chi connectivity index (χ2v) is 5.55. The van der Waals surface area contributed by atoms with Crippen LogP contribution in [0.5, 0.6) is 0 Å². The van der Waals surface area contributed by atoms with E-state index in [9.17, 15) is 5.11 Å². The summed E-state index contributed by atoms with van der Waals surface area (Å²) in [6.07, 6.45) is 0.934. The predicted molar refractivity (Wildman–Crippen MR) is 69.4 cm³/mol. The highest BCUT2D eigenvalue weighted by molar-refractivity contribution is 7.16. The molecule has 0 aromatic carbocycles. The lowest BCUT2D eigenvalue weighted by Gasteiger charge is -2.14. The Morgan fingerprint density at radius 3 is 2.88 bits per heavy atom. The van der Waals surface area contributed by atoms with Gasteiger partial charge in [-0.3, -0.25) is 0 Å². The third-order valence-corrected chi connectivity index (χ3v) is 3.92. The number of halogens is 1. The van der Waals surface area contributed by atoms with Gasteiger partial charge in [0.15, 0.2) is 0 Å². The van der Waals surface area contributed by atoms with E-state index < -0.39 is 6.10 Å². The van der Waals surface area contributed by atoms with E-state index in [-0.39, 0.29) is 6.04 Å². The summed E-state index contributed by atoms with van der Waals surface area (Å²) in [5.74, 6) is 0.578. The molecule has 0 aliphatic heterocycles. The van der Waals surface area contributed by atoms with Crippen LogP contribution in [0.3, 0.4) is 0 Å². The molecule has 0 spiro atoms. The third kappa shape index (κ3) is 3.33. The van der Waals surface area contributed by atoms with E-state index in [0.717, 1.165) is 9.21 Å². The predicted octanol–water partition coefficient (Wildman–Crippen LogP) is 3.38. The number of hydrogen-bond acceptors (Lipinski definition) is 4. The lowest BCUT2D eigenvalue weighted by Crippen LogP contribution is -2.23. The van der Waals surface area contributed by atoms with Crippen molar-refractivity contribution >= 4 is 22.9 Å². The Morgan fingerprint density at radius 1 is 1.47 bits per heavy atom. The summed E-state index contributed by atoms with van der Waals surface area (Å²) in [7, 11) is 0. The topological polar surface area (TPSA) is 45.4 Å². The van der Waals surface area contributed by atoms with Crippen molar-refractivity contribution in [3.05, 3.63) is 45.5 Å². The van der Waals surface area contributed by atoms with E-state index in [0.29, 0.717) is 12.3 Å². The molecule has 2 unspecified atom stereocenters. The van der Waals surface area contributed by atoms with Crippen LogP contribution in [0.1, 0.15) is 29.7 Å². The van der Waals surface area contributed by atoms with Gasteiger partial charge >= 0.3 is 0 Å². The lowest BCUT2D eigenvalue weighted by atomic mass is 10.2. The average molecular weight is 272 g/mol. The summed E-state index contributed by atoms with van der Waals surface area (Å²) in [5.41, 5.74) is 0. The molecular weight excluding hydrogens is 258 g/mol. The summed E-state index contributed by atoms with van der Waals surface area (Å²) in [5, 5.41) is 13.1. The van der Waals surface area contributed by atoms with Gasteiger partial charge in [-0.1, -0.05) is 11.6 Å². The van der Waals surface area contributed by atoms with Crippen molar-refractivity contribution in [2.45, 2.75) is 19.1 Å². The third-order valence-electron chi connectivity index (χ3n) is 2.51. The number of aliphatic hydroxyl groups is 1.